The Morgan fingerprint density at radius 2 is 0.762 bits per heavy atom. The van der Waals surface area contributed by atoms with Crippen LogP contribution in [0.2, 0.25) is 0 Å². The van der Waals surface area contributed by atoms with Crippen molar-refractivity contribution in [1.82, 2.24) is 51.5 Å². The molecule has 0 saturated carbocycles. The molecule has 7 rings (SSSR count). The fourth-order valence-corrected chi connectivity index (χ4v) is 12.5. The largest absolute Gasteiger partial charge is 0.343 e. The molecule has 10 N–H and O–H groups in total. The van der Waals surface area contributed by atoms with Crippen molar-refractivity contribution in [2.75, 3.05) is 26.2 Å². The van der Waals surface area contributed by atoms with Crippen molar-refractivity contribution in [3.05, 3.63) is 70.8 Å². The molecule has 22 heteroatoms. The fraction of sp³-hybridized carbons (Fsp3) is 0.645. The summed E-state index contributed by atoms with van der Waals surface area (Å²) in [4.78, 5) is 154. The van der Waals surface area contributed by atoms with Gasteiger partial charge in [0.2, 0.25) is 59.1 Å². The lowest BCUT2D eigenvalue weighted by Gasteiger charge is -2.40. The Kier molecular flexibility index (Phi) is 22.5. The normalized spacial score (nSPS) is 27.5. The third kappa shape index (κ3) is 15.5. The van der Waals surface area contributed by atoms with E-state index < -0.39 is 131 Å². The topological polar surface area (TPSA) is 308 Å². The third-order valence-corrected chi connectivity index (χ3v) is 17.1. The van der Waals surface area contributed by atoms with Gasteiger partial charge in [0.05, 0.1) is 0 Å². The first-order valence-electron chi connectivity index (χ1n) is 30.6. The van der Waals surface area contributed by atoms with Gasteiger partial charge in [0.25, 0.3) is 0 Å². The first kappa shape index (κ1) is 64.6. The maximum absolute atomic E-state index is 15.2. The molecule has 5 heterocycles. The summed E-state index contributed by atoms with van der Waals surface area (Å²) in [6, 6.07) is 3.60. The van der Waals surface area contributed by atoms with E-state index in [1.807, 2.05) is 76.2 Å². The summed E-state index contributed by atoms with van der Waals surface area (Å²) in [5.41, 5.74) is 15.2. The Balaban J connectivity index is 1.29. The standard InChI is InChI=1S/C62H92N12O10/c1-35(2)29-45-59(81)71-27-15-23-47(71)61(83)73-33-41-19-11-9-17-39(41)31-49(73)55(77)70-52(38(7)8)58(80)66-44(22-14-26-64)54(76)68-46(30-36(3)4)60(82)72-28-16-24-48(72)62(84)74-34-42-20-12-10-18-40(42)32-50(74)56(78)69-51(37(5)6)57(79)65-43(21-13-25-63)53(75)67-45/h9-12,17-20,35-38,43-52H,13-16,21-34,63-64H2,1-8H3,(H,65,79)(H,66,80)(H,67,75)(H,68,76)(H,69,78)(H,70,77)/t43-,44-,45-,46-,47+,48+,49-,50-,51-,52-/m0/s1. The highest BCUT2D eigenvalue weighted by molar-refractivity contribution is 6.00. The number of fused-ring (bicyclic) bond motifs is 6. The highest BCUT2D eigenvalue weighted by Crippen LogP contribution is 2.31. The van der Waals surface area contributed by atoms with E-state index in [4.69, 9.17) is 11.5 Å². The van der Waals surface area contributed by atoms with Crippen molar-refractivity contribution in [2.24, 2.45) is 35.1 Å². The molecule has 0 spiro atoms. The van der Waals surface area contributed by atoms with Crippen LogP contribution in [-0.2, 0) is 73.9 Å². The number of nitrogens with one attached hydrogen (secondary N) is 6. The van der Waals surface area contributed by atoms with Gasteiger partial charge in [0.1, 0.15) is 60.4 Å². The number of carbonyl (C=O) groups is 10. The molecule has 5 aliphatic heterocycles. The average molecular weight is 1170 g/mol. The van der Waals surface area contributed by atoms with E-state index in [1.165, 1.54) is 19.6 Å². The number of hydrogen-bond acceptors (Lipinski definition) is 12. The van der Waals surface area contributed by atoms with Crippen molar-refractivity contribution in [1.29, 1.82) is 0 Å². The van der Waals surface area contributed by atoms with Crippen LogP contribution in [0.5, 0.6) is 0 Å². The highest BCUT2D eigenvalue weighted by Gasteiger charge is 2.47. The maximum Gasteiger partial charge on any atom is 0.246 e. The maximum atomic E-state index is 15.2. The second-order valence-corrected chi connectivity index (χ2v) is 25.1. The zero-order valence-corrected chi connectivity index (χ0v) is 50.5. The van der Waals surface area contributed by atoms with Gasteiger partial charge in [0, 0.05) is 39.0 Å². The Bertz CT molecular complexity index is 2550. The Labute approximate surface area is 494 Å². The lowest BCUT2D eigenvalue weighted by atomic mass is 9.91. The summed E-state index contributed by atoms with van der Waals surface area (Å²) in [6.07, 6.45) is 2.88. The third-order valence-electron chi connectivity index (χ3n) is 17.1. The molecule has 3 fully saturated rings. The lowest BCUT2D eigenvalue weighted by molar-refractivity contribution is -0.151. The van der Waals surface area contributed by atoms with E-state index in [2.05, 4.69) is 31.9 Å². The summed E-state index contributed by atoms with van der Waals surface area (Å²) in [7, 11) is 0. The fourth-order valence-electron chi connectivity index (χ4n) is 12.5. The minimum absolute atomic E-state index is 0.0352. The van der Waals surface area contributed by atoms with Gasteiger partial charge in [-0.25, -0.2) is 0 Å². The summed E-state index contributed by atoms with van der Waals surface area (Å²) < 4.78 is 0. The van der Waals surface area contributed by atoms with Crippen LogP contribution in [0.25, 0.3) is 0 Å². The van der Waals surface area contributed by atoms with Gasteiger partial charge < -0.3 is 63.0 Å². The van der Waals surface area contributed by atoms with Crippen LogP contribution < -0.4 is 43.4 Å². The van der Waals surface area contributed by atoms with Crippen LogP contribution in [0.15, 0.2) is 48.5 Å². The molecule has 2 aromatic carbocycles. The van der Waals surface area contributed by atoms with Gasteiger partial charge >= 0.3 is 0 Å². The highest BCUT2D eigenvalue weighted by atomic mass is 16.2. The summed E-state index contributed by atoms with van der Waals surface area (Å²) in [6.45, 7) is 15.4. The van der Waals surface area contributed by atoms with Crippen LogP contribution in [0.4, 0.5) is 0 Å². The Hall–Kier alpha value is -6.94. The number of carbonyl (C=O) groups excluding carboxylic acids is 10. The molecule has 0 unspecified atom stereocenters. The Morgan fingerprint density at radius 1 is 0.417 bits per heavy atom. The molecule has 460 valence electrons. The average Bonchev–Trinajstić information content (AvgIpc) is 2.76. The van der Waals surface area contributed by atoms with E-state index in [0.29, 0.717) is 25.7 Å². The molecule has 22 nitrogen and oxygen atoms in total. The summed E-state index contributed by atoms with van der Waals surface area (Å²) in [5.74, 6) is -7.08. The molecular weight excluding hydrogens is 1070 g/mol. The van der Waals surface area contributed by atoms with Crippen LogP contribution in [0.1, 0.15) is 142 Å². The predicted molar refractivity (Wildman–Crippen MR) is 315 cm³/mol. The molecule has 3 saturated heterocycles. The van der Waals surface area contributed by atoms with Crippen LogP contribution >= 0.6 is 0 Å². The smallest absolute Gasteiger partial charge is 0.246 e. The number of hydrogen-bond donors (Lipinski definition) is 8. The summed E-state index contributed by atoms with van der Waals surface area (Å²) >= 11 is 0. The molecule has 2 aromatic rings. The monoisotopic (exact) mass is 1160 g/mol. The lowest BCUT2D eigenvalue weighted by Crippen LogP contribution is -2.63. The van der Waals surface area contributed by atoms with Crippen molar-refractivity contribution in [3.63, 3.8) is 0 Å². The van der Waals surface area contributed by atoms with Crippen LogP contribution in [0, 0.1) is 23.7 Å². The number of rotatable bonds is 12. The van der Waals surface area contributed by atoms with E-state index in [-0.39, 0.29) is 102 Å². The molecule has 5 aliphatic rings. The summed E-state index contributed by atoms with van der Waals surface area (Å²) in [5, 5.41) is 17.5. The number of benzene rings is 2. The van der Waals surface area contributed by atoms with Gasteiger partial charge in [-0.1, -0.05) is 104 Å². The zero-order valence-electron chi connectivity index (χ0n) is 50.5. The minimum atomic E-state index is -1.20. The molecule has 0 aliphatic carbocycles. The van der Waals surface area contributed by atoms with Crippen molar-refractivity contribution in [2.45, 2.75) is 206 Å². The first-order chi connectivity index (χ1) is 40.0. The second kappa shape index (κ2) is 29.2. The van der Waals surface area contributed by atoms with Gasteiger partial charge in [-0.2, -0.15) is 0 Å². The molecule has 10 amide bonds. The van der Waals surface area contributed by atoms with E-state index in [1.54, 1.807) is 27.7 Å². The molecule has 0 aromatic heterocycles. The van der Waals surface area contributed by atoms with Crippen molar-refractivity contribution >= 4 is 59.1 Å². The number of amides is 10. The van der Waals surface area contributed by atoms with Gasteiger partial charge in [0.15, 0.2) is 0 Å². The van der Waals surface area contributed by atoms with Crippen LogP contribution in [0.3, 0.4) is 0 Å². The van der Waals surface area contributed by atoms with Gasteiger partial charge in [-0.3, -0.25) is 47.9 Å². The van der Waals surface area contributed by atoms with E-state index in [9.17, 15) is 38.4 Å². The first-order valence-corrected chi connectivity index (χ1v) is 30.6. The van der Waals surface area contributed by atoms with Gasteiger partial charge in [-0.05, 0) is 123 Å². The van der Waals surface area contributed by atoms with E-state index in [0.717, 1.165) is 22.3 Å². The molecule has 84 heavy (non-hydrogen) atoms. The quantitative estimate of drug-likeness (QED) is 0.151. The van der Waals surface area contributed by atoms with Gasteiger partial charge in [-0.15, -0.1) is 0 Å². The molecule has 10 atom stereocenters. The minimum Gasteiger partial charge on any atom is -0.343 e. The number of nitrogens with zero attached hydrogens (tertiary/aromatic N) is 4. The van der Waals surface area contributed by atoms with E-state index >= 15 is 9.59 Å². The SMILES string of the molecule is CC(C)C[C@@H]1NC(=O)[C@H](CCCN)NC(=O)[C@H](C(C)C)NC(=O)[C@@H]2Cc3ccccc3CN2C(=O)[C@H]2CCCN2C(=O)[C@H](CC(C)C)NC(=O)[C@H](CCCN)NC(=O)[C@H](C(C)C)NC(=O)[C@@H]2Cc3ccccc3CN2C(=O)[C@H]2CCCN2C1=O. The molecule has 0 bridgehead atoms. The Morgan fingerprint density at radius 3 is 1.10 bits per heavy atom. The second-order valence-electron chi connectivity index (χ2n) is 25.1. The zero-order chi connectivity index (χ0) is 61.1. The number of nitrogens with two attached hydrogens (primary N) is 2. The van der Waals surface area contributed by atoms with Crippen LogP contribution in [-0.4, -0.2) is 165 Å². The van der Waals surface area contributed by atoms with Crippen molar-refractivity contribution < 1.29 is 47.9 Å². The van der Waals surface area contributed by atoms with Crippen molar-refractivity contribution in [3.8, 4) is 0 Å². The molecular formula is C62H92N12O10. The molecule has 0 radical (unpaired) electrons. The predicted octanol–water partition coefficient (Wildman–Crippen LogP) is 1.68.